The number of nitrogens with zero attached hydrogens (tertiary/aromatic N) is 2. The number of benzene rings is 1. The van der Waals surface area contributed by atoms with Crippen molar-refractivity contribution < 1.29 is 0 Å². The number of thioether (sulfide) groups is 1. The number of nitriles is 1. The maximum atomic E-state index is 8.90. The van der Waals surface area contributed by atoms with Crippen molar-refractivity contribution in [1.82, 2.24) is 0 Å². The molecule has 3 heteroatoms. The summed E-state index contributed by atoms with van der Waals surface area (Å²) < 4.78 is 0. The fraction of sp³-hybridized carbons (Fsp3) is 0.462. The zero-order valence-electron chi connectivity index (χ0n) is 9.73. The van der Waals surface area contributed by atoms with Gasteiger partial charge in [0.1, 0.15) is 0 Å². The van der Waals surface area contributed by atoms with E-state index in [1.165, 1.54) is 17.2 Å². The third-order valence-corrected chi connectivity index (χ3v) is 4.22. The smallest absolute Gasteiger partial charge is 0.0994 e. The molecule has 0 spiro atoms. The Labute approximate surface area is 101 Å². The Morgan fingerprint density at radius 3 is 2.94 bits per heavy atom. The minimum Gasteiger partial charge on any atom is -0.367 e. The first-order valence-corrected chi connectivity index (χ1v) is 6.73. The lowest BCUT2D eigenvalue weighted by molar-refractivity contribution is 0.700. The lowest BCUT2D eigenvalue weighted by atomic mass is 10.1. The molecule has 0 saturated carbocycles. The fourth-order valence-electron chi connectivity index (χ4n) is 2.06. The summed E-state index contributed by atoms with van der Waals surface area (Å²) in [6.07, 6.45) is 0. The molecule has 0 radical (unpaired) electrons. The van der Waals surface area contributed by atoms with Crippen LogP contribution in [0.1, 0.15) is 18.1 Å². The van der Waals surface area contributed by atoms with Crippen LogP contribution in [-0.4, -0.2) is 24.1 Å². The fourth-order valence-corrected chi connectivity index (χ4v) is 3.08. The van der Waals surface area contributed by atoms with E-state index in [4.69, 9.17) is 5.26 Å². The van der Waals surface area contributed by atoms with E-state index in [2.05, 4.69) is 30.0 Å². The van der Waals surface area contributed by atoms with Crippen LogP contribution in [0.3, 0.4) is 0 Å². The van der Waals surface area contributed by atoms with Gasteiger partial charge in [-0.3, -0.25) is 0 Å². The van der Waals surface area contributed by atoms with Crippen molar-refractivity contribution >= 4 is 17.4 Å². The van der Waals surface area contributed by atoms with Crippen LogP contribution in [-0.2, 0) is 0 Å². The Morgan fingerprint density at radius 2 is 2.31 bits per heavy atom. The zero-order chi connectivity index (χ0) is 11.5. The molecule has 1 fully saturated rings. The first-order chi connectivity index (χ1) is 7.72. The van der Waals surface area contributed by atoms with Crippen LogP contribution >= 0.6 is 11.8 Å². The van der Waals surface area contributed by atoms with E-state index in [1.807, 2.05) is 24.8 Å². The molecule has 0 amide bonds. The third-order valence-electron chi connectivity index (χ3n) is 3.03. The van der Waals surface area contributed by atoms with Crippen LogP contribution in [0.4, 0.5) is 5.69 Å². The van der Waals surface area contributed by atoms with Crippen molar-refractivity contribution in [3.63, 3.8) is 0 Å². The number of anilines is 1. The van der Waals surface area contributed by atoms with Gasteiger partial charge in [0.25, 0.3) is 0 Å². The summed E-state index contributed by atoms with van der Waals surface area (Å²) in [5, 5.41) is 8.90. The monoisotopic (exact) mass is 232 g/mol. The minimum absolute atomic E-state index is 0.589. The molecule has 2 rings (SSSR count). The van der Waals surface area contributed by atoms with Gasteiger partial charge in [0, 0.05) is 29.8 Å². The number of aryl methyl sites for hydroxylation is 1. The highest BCUT2D eigenvalue weighted by Crippen LogP contribution is 2.25. The van der Waals surface area contributed by atoms with E-state index >= 15 is 0 Å². The normalized spacial score (nSPS) is 20.6. The average Bonchev–Trinajstić information content (AvgIpc) is 2.29. The lowest BCUT2D eigenvalue weighted by Crippen LogP contribution is -2.40. The van der Waals surface area contributed by atoms with Crippen molar-refractivity contribution in [1.29, 1.82) is 5.26 Å². The first kappa shape index (κ1) is 11.3. The van der Waals surface area contributed by atoms with Crippen molar-refractivity contribution in [2.24, 2.45) is 0 Å². The van der Waals surface area contributed by atoms with E-state index in [1.54, 1.807) is 0 Å². The summed E-state index contributed by atoms with van der Waals surface area (Å²) >= 11 is 2.02. The summed E-state index contributed by atoms with van der Waals surface area (Å²) in [5.41, 5.74) is 3.11. The van der Waals surface area contributed by atoms with Gasteiger partial charge in [0.15, 0.2) is 0 Å². The molecule has 1 atom stereocenters. The number of hydrogen-bond donors (Lipinski definition) is 0. The van der Waals surface area contributed by atoms with Crippen LogP contribution in [0, 0.1) is 18.3 Å². The second-order valence-electron chi connectivity index (χ2n) is 4.23. The van der Waals surface area contributed by atoms with Gasteiger partial charge in [-0.25, -0.2) is 0 Å². The van der Waals surface area contributed by atoms with Crippen molar-refractivity contribution in [2.45, 2.75) is 19.9 Å². The summed E-state index contributed by atoms with van der Waals surface area (Å²) in [5.74, 6) is 2.39. The summed E-state index contributed by atoms with van der Waals surface area (Å²) in [6.45, 7) is 5.38. The van der Waals surface area contributed by atoms with Crippen LogP contribution < -0.4 is 4.90 Å². The van der Waals surface area contributed by atoms with Crippen LogP contribution in [0.15, 0.2) is 18.2 Å². The molecule has 2 nitrogen and oxygen atoms in total. The second-order valence-corrected chi connectivity index (χ2v) is 5.38. The molecule has 1 heterocycles. The number of rotatable bonds is 1. The van der Waals surface area contributed by atoms with Crippen LogP contribution in [0.2, 0.25) is 0 Å². The topological polar surface area (TPSA) is 27.0 Å². The van der Waals surface area contributed by atoms with Gasteiger partial charge in [0.05, 0.1) is 11.6 Å². The van der Waals surface area contributed by atoms with Crippen molar-refractivity contribution in [2.75, 3.05) is 23.0 Å². The van der Waals surface area contributed by atoms with Crippen molar-refractivity contribution in [3.8, 4) is 6.07 Å². The average molecular weight is 232 g/mol. The van der Waals surface area contributed by atoms with Crippen LogP contribution in [0.25, 0.3) is 0 Å². The third kappa shape index (κ3) is 2.17. The Balaban J connectivity index is 2.27. The van der Waals surface area contributed by atoms with Gasteiger partial charge in [0.2, 0.25) is 0 Å². The zero-order valence-corrected chi connectivity index (χ0v) is 10.5. The van der Waals surface area contributed by atoms with E-state index in [0.29, 0.717) is 6.04 Å². The maximum absolute atomic E-state index is 8.90. The van der Waals surface area contributed by atoms with Crippen molar-refractivity contribution in [3.05, 3.63) is 29.3 Å². The van der Waals surface area contributed by atoms with E-state index < -0.39 is 0 Å². The van der Waals surface area contributed by atoms with Gasteiger partial charge in [-0.1, -0.05) is 0 Å². The Kier molecular flexibility index (Phi) is 3.40. The predicted octanol–water partition coefficient (Wildman–Crippen LogP) is 2.81. The predicted molar refractivity (Wildman–Crippen MR) is 70.0 cm³/mol. The molecular formula is C13H16N2S. The molecule has 0 aliphatic carbocycles. The standard InChI is InChI=1S/C13H16N2S/c1-10-7-13(4-3-12(10)8-14)15-5-6-16-9-11(15)2/h3-4,7,11H,5-6,9H2,1-2H3. The molecule has 1 aliphatic rings. The molecule has 1 saturated heterocycles. The largest absolute Gasteiger partial charge is 0.367 e. The Morgan fingerprint density at radius 1 is 1.50 bits per heavy atom. The van der Waals surface area contributed by atoms with Gasteiger partial charge in [-0.2, -0.15) is 17.0 Å². The second kappa shape index (κ2) is 4.80. The summed E-state index contributed by atoms with van der Waals surface area (Å²) in [6, 6.07) is 8.93. The van der Waals surface area contributed by atoms with Gasteiger partial charge in [-0.15, -0.1) is 0 Å². The van der Waals surface area contributed by atoms with Gasteiger partial charge < -0.3 is 4.90 Å². The molecule has 16 heavy (non-hydrogen) atoms. The minimum atomic E-state index is 0.589. The summed E-state index contributed by atoms with van der Waals surface area (Å²) in [7, 11) is 0. The lowest BCUT2D eigenvalue weighted by Gasteiger charge is -2.35. The molecule has 0 N–H and O–H groups in total. The highest BCUT2D eigenvalue weighted by molar-refractivity contribution is 7.99. The molecule has 1 unspecified atom stereocenters. The first-order valence-electron chi connectivity index (χ1n) is 5.57. The summed E-state index contributed by atoms with van der Waals surface area (Å²) in [4.78, 5) is 2.44. The quantitative estimate of drug-likeness (QED) is 0.745. The molecular weight excluding hydrogens is 216 g/mol. The molecule has 0 aromatic heterocycles. The van der Waals surface area contributed by atoms with E-state index in [0.717, 1.165) is 17.7 Å². The SMILES string of the molecule is Cc1cc(N2CCSCC2C)ccc1C#N. The molecule has 1 aromatic rings. The number of hydrogen-bond acceptors (Lipinski definition) is 3. The van der Waals surface area contributed by atoms with E-state index in [-0.39, 0.29) is 0 Å². The Bertz CT molecular complexity index is 422. The molecule has 84 valence electrons. The maximum Gasteiger partial charge on any atom is 0.0994 e. The Hall–Kier alpha value is -1.14. The highest BCUT2D eigenvalue weighted by atomic mass is 32.2. The molecule has 0 bridgehead atoms. The molecule has 1 aromatic carbocycles. The van der Waals surface area contributed by atoms with Gasteiger partial charge in [-0.05, 0) is 37.6 Å². The van der Waals surface area contributed by atoms with E-state index in [9.17, 15) is 0 Å². The highest BCUT2D eigenvalue weighted by Gasteiger charge is 2.19. The van der Waals surface area contributed by atoms with Gasteiger partial charge >= 0.3 is 0 Å². The molecule has 1 aliphatic heterocycles. The van der Waals surface area contributed by atoms with Crippen LogP contribution in [0.5, 0.6) is 0 Å².